The highest BCUT2D eigenvalue weighted by atomic mass is 35.5. The number of halogens is 1. The summed E-state index contributed by atoms with van der Waals surface area (Å²) in [6.45, 7) is 0. The Morgan fingerprint density at radius 1 is 0.810 bits per heavy atom. The van der Waals surface area contributed by atoms with Crippen LogP contribution in [0.2, 0.25) is 5.02 Å². The number of hydrogen-bond acceptors (Lipinski definition) is 2. The van der Waals surface area contributed by atoms with Crippen molar-refractivity contribution >= 4 is 17.3 Å². The first-order chi connectivity index (χ1) is 10.2. The summed E-state index contributed by atoms with van der Waals surface area (Å²) in [6.07, 6.45) is 0. The van der Waals surface area contributed by atoms with E-state index in [1.54, 1.807) is 0 Å². The molecular formula is C18H14ClNO. The maximum atomic E-state index is 5.96. The fourth-order valence-corrected chi connectivity index (χ4v) is 2.23. The lowest BCUT2D eigenvalue weighted by Gasteiger charge is -2.12. The fraction of sp³-hybridized carbons (Fsp3) is 0. The zero-order valence-electron chi connectivity index (χ0n) is 11.3. The van der Waals surface area contributed by atoms with Gasteiger partial charge in [-0.1, -0.05) is 41.9 Å². The number of hydrogen-bond donors (Lipinski definition) is 1. The lowest BCUT2D eigenvalue weighted by molar-refractivity contribution is 0.485. The van der Waals surface area contributed by atoms with Crippen LogP contribution >= 0.6 is 11.6 Å². The molecule has 3 rings (SSSR count). The van der Waals surface area contributed by atoms with E-state index in [1.807, 2.05) is 72.8 Å². The van der Waals surface area contributed by atoms with E-state index in [4.69, 9.17) is 22.1 Å². The minimum atomic E-state index is 0.665. The summed E-state index contributed by atoms with van der Waals surface area (Å²) in [4.78, 5) is 0. The van der Waals surface area contributed by atoms with Crippen LogP contribution in [0.4, 0.5) is 5.69 Å². The second-order valence-corrected chi connectivity index (χ2v) is 5.11. The zero-order chi connectivity index (χ0) is 14.7. The second kappa shape index (κ2) is 5.90. The third kappa shape index (κ3) is 3.18. The molecule has 2 N–H and O–H groups in total. The van der Waals surface area contributed by atoms with Crippen LogP contribution in [-0.4, -0.2) is 0 Å². The van der Waals surface area contributed by atoms with Crippen molar-refractivity contribution in [3.63, 3.8) is 0 Å². The van der Waals surface area contributed by atoms with Gasteiger partial charge in [0.25, 0.3) is 0 Å². The van der Waals surface area contributed by atoms with Crippen LogP contribution in [0.25, 0.3) is 11.1 Å². The van der Waals surface area contributed by atoms with Crippen LogP contribution in [-0.2, 0) is 0 Å². The molecule has 0 saturated carbocycles. The van der Waals surface area contributed by atoms with Crippen molar-refractivity contribution in [2.75, 3.05) is 5.73 Å². The number of nitrogen functional groups attached to an aromatic ring is 1. The summed E-state index contributed by atoms with van der Waals surface area (Å²) in [5, 5.41) is 0.708. The summed E-state index contributed by atoms with van der Waals surface area (Å²) >= 11 is 5.94. The Hall–Kier alpha value is -2.45. The number of benzene rings is 3. The molecule has 0 radical (unpaired) electrons. The van der Waals surface area contributed by atoms with E-state index >= 15 is 0 Å². The van der Waals surface area contributed by atoms with Gasteiger partial charge in [-0.05, 0) is 42.0 Å². The van der Waals surface area contributed by atoms with Gasteiger partial charge in [0.2, 0.25) is 0 Å². The summed E-state index contributed by atoms with van der Waals surface area (Å²) in [7, 11) is 0. The van der Waals surface area contributed by atoms with Crippen LogP contribution < -0.4 is 10.5 Å². The predicted molar refractivity (Wildman–Crippen MR) is 87.8 cm³/mol. The molecule has 0 bridgehead atoms. The first kappa shape index (κ1) is 13.5. The topological polar surface area (TPSA) is 35.2 Å². The van der Waals surface area contributed by atoms with Gasteiger partial charge in [-0.3, -0.25) is 0 Å². The van der Waals surface area contributed by atoms with Crippen molar-refractivity contribution in [3.05, 3.63) is 77.8 Å². The van der Waals surface area contributed by atoms with E-state index in [0.29, 0.717) is 10.7 Å². The molecule has 0 heterocycles. The summed E-state index contributed by atoms with van der Waals surface area (Å²) < 4.78 is 5.96. The van der Waals surface area contributed by atoms with E-state index < -0.39 is 0 Å². The van der Waals surface area contributed by atoms with Gasteiger partial charge in [0, 0.05) is 22.3 Å². The highest BCUT2D eigenvalue weighted by Gasteiger charge is 2.08. The van der Waals surface area contributed by atoms with E-state index in [9.17, 15) is 0 Å². The molecule has 0 aliphatic heterocycles. The lowest BCUT2D eigenvalue weighted by atomic mass is 10.0. The monoisotopic (exact) mass is 295 g/mol. The van der Waals surface area contributed by atoms with Crippen molar-refractivity contribution in [2.45, 2.75) is 0 Å². The third-order valence-electron chi connectivity index (χ3n) is 3.13. The average Bonchev–Trinajstić information content (AvgIpc) is 2.50. The molecule has 104 valence electrons. The van der Waals surface area contributed by atoms with E-state index in [0.717, 1.165) is 22.6 Å². The molecular weight excluding hydrogens is 282 g/mol. The first-order valence-corrected chi connectivity index (χ1v) is 6.98. The largest absolute Gasteiger partial charge is 0.457 e. The molecule has 3 aromatic rings. The Bertz CT molecular complexity index is 739. The van der Waals surface area contributed by atoms with E-state index in [-0.39, 0.29) is 0 Å². The number of anilines is 1. The average molecular weight is 296 g/mol. The maximum absolute atomic E-state index is 5.96. The SMILES string of the molecule is Nc1ccc(-c2ccc(Cl)cc2)c(Oc2ccccc2)c1. The Morgan fingerprint density at radius 3 is 2.24 bits per heavy atom. The van der Waals surface area contributed by atoms with Gasteiger partial charge in [0.05, 0.1) is 0 Å². The summed E-state index contributed by atoms with van der Waals surface area (Å²) in [6, 6.07) is 22.9. The highest BCUT2D eigenvalue weighted by molar-refractivity contribution is 6.30. The molecule has 0 fully saturated rings. The molecule has 21 heavy (non-hydrogen) atoms. The van der Waals surface area contributed by atoms with Gasteiger partial charge in [-0.2, -0.15) is 0 Å². The molecule has 0 saturated heterocycles. The molecule has 0 aliphatic rings. The zero-order valence-corrected chi connectivity index (χ0v) is 12.0. The lowest BCUT2D eigenvalue weighted by Crippen LogP contribution is -1.91. The van der Waals surface area contributed by atoms with Gasteiger partial charge >= 0.3 is 0 Å². The fourth-order valence-electron chi connectivity index (χ4n) is 2.11. The summed E-state index contributed by atoms with van der Waals surface area (Å²) in [5.74, 6) is 1.50. The Balaban J connectivity index is 2.03. The highest BCUT2D eigenvalue weighted by Crippen LogP contribution is 2.35. The molecule has 0 atom stereocenters. The van der Waals surface area contributed by atoms with Crippen LogP contribution in [0.3, 0.4) is 0 Å². The molecule has 3 aromatic carbocycles. The predicted octanol–water partition coefficient (Wildman–Crippen LogP) is 5.38. The van der Waals surface area contributed by atoms with Gasteiger partial charge in [0.15, 0.2) is 0 Å². The Labute approximate surface area is 128 Å². The normalized spacial score (nSPS) is 10.3. The summed E-state index contributed by atoms with van der Waals surface area (Å²) in [5.41, 5.74) is 8.56. The molecule has 3 heteroatoms. The number of ether oxygens (including phenoxy) is 1. The van der Waals surface area contributed by atoms with Crippen molar-refractivity contribution < 1.29 is 4.74 Å². The van der Waals surface area contributed by atoms with Crippen LogP contribution in [0.1, 0.15) is 0 Å². The maximum Gasteiger partial charge on any atom is 0.137 e. The van der Waals surface area contributed by atoms with Crippen LogP contribution in [0.15, 0.2) is 72.8 Å². The van der Waals surface area contributed by atoms with E-state index in [1.165, 1.54) is 0 Å². The van der Waals surface area contributed by atoms with Gasteiger partial charge in [-0.25, -0.2) is 0 Å². The van der Waals surface area contributed by atoms with Gasteiger partial charge in [-0.15, -0.1) is 0 Å². The van der Waals surface area contributed by atoms with Crippen molar-refractivity contribution in [1.82, 2.24) is 0 Å². The molecule has 0 aromatic heterocycles. The number of nitrogens with two attached hydrogens (primary N) is 1. The molecule has 2 nitrogen and oxygen atoms in total. The van der Waals surface area contributed by atoms with Crippen molar-refractivity contribution in [1.29, 1.82) is 0 Å². The smallest absolute Gasteiger partial charge is 0.137 e. The number of rotatable bonds is 3. The first-order valence-electron chi connectivity index (χ1n) is 6.61. The van der Waals surface area contributed by atoms with Gasteiger partial charge in [0.1, 0.15) is 11.5 Å². The standard InChI is InChI=1S/C18H14ClNO/c19-14-8-6-13(7-9-14)17-11-10-15(20)12-18(17)21-16-4-2-1-3-5-16/h1-12H,20H2. The molecule has 0 spiro atoms. The molecule has 0 unspecified atom stereocenters. The minimum absolute atomic E-state index is 0.665. The number of para-hydroxylation sites is 1. The molecule has 0 amide bonds. The van der Waals surface area contributed by atoms with Crippen LogP contribution in [0.5, 0.6) is 11.5 Å². The Kier molecular flexibility index (Phi) is 3.80. The second-order valence-electron chi connectivity index (χ2n) is 4.68. The van der Waals surface area contributed by atoms with Gasteiger partial charge < -0.3 is 10.5 Å². The quantitative estimate of drug-likeness (QED) is 0.658. The van der Waals surface area contributed by atoms with E-state index in [2.05, 4.69) is 0 Å². The molecule has 0 aliphatic carbocycles. The van der Waals surface area contributed by atoms with Crippen molar-refractivity contribution in [3.8, 4) is 22.6 Å². The Morgan fingerprint density at radius 2 is 1.52 bits per heavy atom. The van der Waals surface area contributed by atoms with Crippen LogP contribution in [0, 0.1) is 0 Å². The van der Waals surface area contributed by atoms with Crippen molar-refractivity contribution in [2.24, 2.45) is 0 Å². The minimum Gasteiger partial charge on any atom is -0.457 e. The third-order valence-corrected chi connectivity index (χ3v) is 3.38.